The number of hydrogen-bond donors (Lipinski definition) is 3. The van der Waals surface area contributed by atoms with Gasteiger partial charge in [-0.25, -0.2) is 20.2 Å². The minimum absolute atomic E-state index is 0.277. The summed E-state index contributed by atoms with van der Waals surface area (Å²) in [6, 6.07) is 5.73. The van der Waals surface area contributed by atoms with Gasteiger partial charge >= 0.3 is 0 Å². The Balaban J connectivity index is 2.31. The van der Waals surface area contributed by atoms with Gasteiger partial charge in [0.15, 0.2) is 0 Å². The number of aromatic nitrogens is 2. The summed E-state index contributed by atoms with van der Waals surface area (Å²) >= 11 is 5.94. The third kappa shape index (κ3) is 3.30. The van der Waals surface area contributed by atoms with Crippen LogP contribution in [0, 0.1) is 5.82 Å². The highest BCUT2D eigenvalue weighted by molar-refractivity contribution is 6.33. The molecule has 0 radical (unpaired) electrons. The Labute approximate surface area is 115 Å². The van der Waals surface area contributed by atoms with Crippen LogP contribution in [-0.2, 0) is 6.42 Å². The molecule has 1 aromatic carbocycles. The van der Waals surface area contributed by atoms with Crippen molar-refractivity contribution in [1.82, 2.24) is 9.97 Å². The van der Waals surface area contributed by atoms with Gasteiger partial charge in [-0.2, -0.15) is 0 Å². The highest BCUT2D eigenvalue weighted by Gasteiger charge is 2.06. The zero-order chi connectivity index (χ0) is 13.8. The van der Waals surface area contributed by atoms with Crippen LogP contribution in [0.5, 0.6) is 0 Å². The van der Waals surface area contributed by atoms with E-state index in [0.29, 0.717) is 29.6 Å². The molecule has 0 fully saturated rings. The molecule has 0 saturated carbocycles. The average Bonchev–Trinajstić information content (AvgIpc) is 2.41. The van der Waals surface area contributed by atoms with Gasteiger partial charge in [0.25, 0.3) is 0 Å². The van der Waals surface area contributed by atoms with Crippen LogP contribution in [0.1, 0.15) is 12.7 Å². The zero-order valence-corrected chi connectivity index (χ0v) is 11.0. The number of halogens is 2. The van der Waals surface area contributed by atoms with Gasteiger partial charge in [0.2, 0.25) is 0 Å². The molecule has 1 aromatic heterocycles. The molecule has 0 unspecified atom stereocenters. The highest BCUT2D eigenvalue weighted by Crippen LogP contribution is 2.26. The molecule has 2 aromatic rings. The predicted molar refractivity (Wildman–Crippen MR) is 73.9 cm³/mol. The van der Waals surface area contributed by atoms with Crippen LogP contribution in [0.3, 0.4) is 0 Å². The molecule has 0 saturated heterocycles. The summed E-state index contributed by atoms with van der Waals surface area (Å²) in [5.41, 5.74) is 3.03. The Kier molecular flexibility index (Phi) is 4.13. The van der Waals surface area contributed by atoms with Crippen LogP contribution < -0.4 is 16.6 Å². The molecule has 4 N–H and O–H groups in total. The van der Waals surface area contributed by atoms with Crippen molar-refractivity contribution in [2.45, 2.75) is 13.3 Å². The van der Waals surface area contributed by atoms with Crippen molar-refractivity contribution in [2.24, 2.45) is 5.84 Å². The zero-order valence-electron chi connectivity index (χ0n) is 10.2. The standard InChI is InChI=1S/C12H13ClFN5/c1-2-10-17-11(6-12(18-10)19-15)16-9-4-3-7(14)5-8(9)13/h3-6H,2,15H2,1H3,(H2,16,17,18,19). The number of rotatable bonds is 4. The van der Waals surface area contributed by atoms with E-state index in [9.17, 15) is 4.39 Å². The maximum Gasteiger partial charge on any atom is 0.145 e. The largest absolute Gasteiger partial charge is 0.339 e. The van der Waals surface area contributed by atoms with Gasteiger partial charge in [0.1, 0.15) is 23.3 Å². The van der Waals surface area contributed by atoms with Crippen LogP contribution in [0.15, 0.2) is 24.3 Å². The molecule has 0 amide bonds. The number of aryl methyl sites for hydroxylation is 1. The van der Waals surface area contributed by atoms with Gasteiger partial charge in [0.05, 0.1) is 10.7 Å². The Morgan fingerprint density at radius 3 is 2.63 bits per heavy atom. The summed E-state index contributed by atoms with van der Waals surface area (Å²) in [6.07, 6.45) is 0.668. The summed E-state index contributed by atoms with van der Waals surface area (Å²) in [4.78, 5) is 8.46. The molecular weight excluding hydrogens is 269 g/mol. The van der Waals surface area contributed by atoms with Crippen LogP contribution in [-0.4, -0.2) is 9.97 Å². The van der Waals surface area contributed by atoms with Crippen LogP contribution >= 0.6 is 11.6 Å². The van der Waals surface area contributed by atoms with Crippen LogP contribution in [0.4, 0.5) is 21.7 Å². The summed E-state index contributed by atoms with van der Waals surface area (Å²) in [7, 11) is 0. The number of nitrogens with zero attached hydrogens (tertiary/aromatic N) is 2. The first-order valence-electron chi connectivity index (χ1n) is 5.69. The van der Waals surface area contributed by atoms with Gasteiger partial charge in [-0.15, -0.1) is 0 Å². The molecule has 0 aliphatic heterocycles. The Hall–Kier alpha value is -1.92. The second kappa shape index (κ2) is 5.81. The number of nitrogen functional groups attached to an aromatic ring is 1. The van der Waals surface area contributed by atoms with Gasteiger partial charge in [0, 0.05) is 12.5 Å². The molecule has 0 aliphatic rings. The van der Waals surface area contributed by atoms with Gasteiger partial charge in [-0.1, -0.05) is 18.5 Å². The lowest BCUT2D eigenvalue weighted by molar-refractivity contribution is 0.628. The second-order valence-electron chi connectivity index (χ2n) is 3.80. The molecule has 7 heteroatoms. The van der Waals surface area contributed by atoms with Crippen molar-refractivity contribution in [3.05, 3.63) is 40.9 Å². The number of nitrogens with two attached hydrogens (primary N) is 1. The van der Waals surface area contributed by atoms with Crippen molar-refractivity contribution in [3.63, 3.8) is 0 Å². The Morgan fingerprint density at radius 1 is 1.26 bits per heavy atom. The molecular formula is C12H13ClFN5. The van der Waals surface area contributed by atoms with E-state index in [2.05, 4.69) is 20.7 Å². The van der Waals surface area contributed by atoms with E-state index in [1.54, 1.807) is 12.1 Å². The predicted octanol–water partition coefficient (Wildman–Crippen LogP) is 2.86. The third-order valence-corrected chi connectivity index (χ3v) is 2.74. The monoisotopic (exact) mass is 281 g/mol. The molecule has 0 aliphatic carbocycles. The second-order valence-corrected chi connectivity index (χ2v) is 4.21. The minimum atomic E-state index is -0.392. The normalized spacial score (nSPS) is 10.3. The summed E-state index contributed by atoms with van der Waals surface area (Å²) in [5.74, 6) is 6.61. The van der Waals surface area contributed by atoms with Crippen molar-refractivity contribution in [2.75, 3.05) is 10.7 Å². The fraction of sp³-hybridized carbons (Fsp3) is 0.167. The minimum Gasteiger partial charge on any atom is -0.339 e. The van der Waals surface area contributed by atoms with Gasteiger partial charge < -0.3 is 10.7 Å². The highest BCUT2D eigenvalue weighted by atomic mass is 35.5. The third-order valence-electron chi connectivity index (χ3n) is 2.43. The van der Waals surface area contributed by atoms with Crippen molar-refractivity contribution >= 4 is 28.9 Å². The van der Waals surface area contributed by atoms with Crippen molar-refractivity contribution in [1.29, 1.82) is 0 Å². The quantitative estimate of drug-likeness (QED) is 0.593. The average molecular weight is 282 g/mol. The van der Waals surface area contributed by atoms with E-state index in [0.717, 1.165) is 0 Å². The lowest BCUT2D eigenvalue weighted by Crippen LogP contribution is -2.11. The van der Waals surface area contributed by atoms with Gasteiger partial charge in [-0.05, 0) is 18.2 Å². The Bertz CT molecular complexity index is 568. The smallest absolute Gasteiger partial charge is 0.145 e. The van der Waals surface area contributed by atoms with E-state index in [1.165, 1.54) is 12.1 Å². The molecule has 1 heterocycles. The summed E-state index contributed by atoms with van der Waals surface area (Å²) in [5, 5.41) is 3.28. The molecule has 100 valence electrons. The molecule has 0 spiro atoms. The first-order valence-corrected chi connectivity index (χ1v) is 6.07. The van der Waals surface area contributed by atoms with Crippen molar-refractivity contribution in [3.8, 4) is 0 Å². The molecule has 0 bridgehead atoms. The summed E-state index contributed by atoms with van der Waals surface area (Å²) in [6.45, 7) is 1.93. The van der Waals surface area contributed by atoms with E-state index >= 15 is 0 Å². The molecule has 0 atom stereocenters. The van der Waals surface area contributed by atoms with E-state index in [4.69, 9.17) is 17.4 Å². The van der Waals surface area contributed by atoms with Crippen LogP contribution in [0.2, 0.25) is 5.02 Å². The number of hydrogen-bond acceptors (Lipinski definition) is 5. The van der Waals surface area contributed by atoms with Gasteiger partial charge in [-0.3, -0.25) is 0 Å². The maximum absolute atomic E-state index is 13.0. The topological polar surface area (TPSA) is 75.9 Å². The molecule has 19 heavy (non-hydrogen) atoms. The first kappa shape index (κ1) is 13.5. The van der Waals surface area contributed by atoms with Crippen molar-refractivity contribution < 1.29 is 4.39 Å². The molecule has 2 rings (SSSR count). The lowest BCUT2D eigenvalue weighted by atomic mass is 10.3. The lowest BCUT2D eigenvalue weighted by Gasteiger charge is -2.10. The fourth-order valence-corrected chi connectivity index (χ4v) is 1.74. The summed E-state index contributed by atoms with van der Waals surface area (Å²) < 4.78 is 13.0. The number of nitrogens with one attached hydrogen (secondary N) is 2. The number of anilines is 3. The maximum atomic E-state index is 13.0. The van der Waals surface area contributed by atoms with E-state index in [1.807, 2.05) is 6.92 Å². The fourth-order valence-electron chi connectivity index (χ4n) is 1.52. The Morgan fingerprint density at radius 2 is 2.00 bits per heavy atom. The number of hydrazine groups is 1. The number of benzene rings is 1. The first-order chi connectivity index (χ1) is 9.12. The van der Waals surface area contributed by atoms with Crippen LogP contribution in [0.25, 0.3) is 0 Å². The van der Waals surface area contributed by atoms with E-state index in [-0.39, 0.29) is 5.02 Å². The SMILES string of the molecule is CCc1nc(NN)cc(Nc2ccc(F)cc2Cl)n1. The van der Waals surface area contributed by atoms with E-state index < -0.39 is 5.82 Å². The molecule has 5 nitrogen and oxygen atoms in total.